The number of likely N-dealkylation sites (N-methyl/N-ethyl adjacent to an activating group) is 3. The van der Waals surface area contributed by atoms with Crippen LogP contribution < -0.4 is 16.4 Å². The molecule has 0 bridgehead atoms. The molecule has 7 saturated heterocycles. The van der Waals surface area contributed by atoms with Crippen LogP contribution in [0.1, 0.15) is 56.9 Å². The topological polar surface area (TPSA) is 417 Å². The first-order valence-electron chi connectivity index (χ1n) is 34.4. The molecular weight excluding hydrogens is 1430 g/mol. The summed E-state index contributed by atoms with van der Waals surface area (Å²) in [6.45, 7) is 12.3. The number of anilines is 3. The van der Waals surface area contributed by atoms with Crippen LogP contribution in [0.4, 0.5) is 33.2 Å². The van der Waals surface area contributed by atoms with Crippen molar-refractivity contribution in [3.8, 4) is 0 Å². The minimum absolute atomic E-state index is 0.0144. The van der Waals surface area contributed by atoms with Gasteiger partial charge in [0.15, 0.2) is 0 Å². The molecule has 7 N–H and O–H groups in total. The molecule has 3 amide bonds. The van der Waals surface area contributed by atoms with E-state index in [0.717, 1.165) is 92.9 Å². The first-order valence-corrected chi connectivity index (χ1v) is 40.1. The number of aliphatic hydroxyl groups is 2. The maximum absolute atomic E-state index is 13.3. The van der Waals surface area contributed by atoms with Crippen molar-refractivity contribution in [1.82, 2.24) is 46.6 Å². The quantitative estimate of drug-likeness (QED) is 0.0414. The van der Waals surface area contributed by atoms with Crippen molar-refractivity contribution < 1.29 is 73.2 Å². The number of non-ortho nitro benzene ring substituents is 2. The highest BCUT2D eigenvalue weighted by Gasteiger charge is 2.45. The van der Waals surface area contributed by atoms with E-state index in [0.29, 0.717) is 101 Å². The van der Waals surface area contributed by atoms with Gasteiger partial charge in [0.2, 0.25) is 46.0 Å². The number of hydrogen-bond acceptors (Lipinski definition) is 23. The first-order chi connectivity index (χ1) is 49.3. The molecule has 104 heavy (non-hydrogen) atoms. The summed E-state index contributed by atoms with van der Waals surface area (Å²) in [6, 6.07) is 25.9. The van der Waals surface area contributed by atoms with Crippen LogP contribution in [0.15, 0.2) is 141 Å². The van der Waals surface area contributed by atoms with Gasteiger partial charge in [-0.15, -0.1) is 0 Å². The number of aliphatic hydroxyl groups excluding tert-OH is 2. The lowest BCUT2D eigenvalue weighted by molar-refractivity contribution is -0.385. The zero-order valence-corrected chi connectivity index (χ0v) is 61.8. The predicted octanol–water partition coefficient (Wildman–Crippen LogP) is 3.70. The molecule has 6 atom stereocenters. The Kier molecular flexibility index (Phi) is 27.1. The molecule has 568 valence electrons. The summed E-state index contributed by atoms with van der Waals surface area (Å²) in [5.74, 6) is -1.30. The number of carbonyl (C=O) groups excluding carboxylic acids is 2. The summed E-state index contributed by atoms with van der Waals surface area (Å²) < 4.78 is 108. The number of nitrogens with two attached hydrogens (primary N) is 1. The average molecular weight is 1520 g/mol. The third-order valence-corrected chi connectivity index (χ3v) is 27.3. The van der Waals surface area contributed by atoms with Crippen molar-refractivity contribution in [3.63, 3.8) is 0 Å². The number of aryl methyl sites for hydroxylation is 1. The van der Waals surface area contributed by atoms with Crippen LogP contribution in [-0.4, -0.2) is 286 Å². The van der Waals surface area contributed by atoms with Crippen LogP contribution in [0.25, 0.3) is 0 Å². The normalized spacial score (nSPS) is 22.4. The molecule has 0 spiro atoms. The van der Waals surface area contributed by atoms with E-state index in [4.69, 9.17) is 10.8 Å². The summed E-state index contributed by atoms with van der Waals surface area (Å²) in [5, 5.41) is 57.3. The third-order valence-electron chi connectivity index (χ3n) is 19.6. The van der Waals surface area contributed by atoms with E-state index >= 15 is 0 Å². The van der Waals surface area contributed by atoms with Crippen molar-refractivity contribution in [1.29, 1.82) is 0 Å². The summed E-state index contributed by atoms with van der Waals surface area (Å²) in [4.78, 5) is 68.9. The van der Waals surface area contributed by atoms with E-state index in [9.17, 15) is 78.5 Å². The van der Waals surface area contributed by atoms with Gasteiger partial charge in [-0.2, -0.15) is 17.2 Å². The molecule has 2 unspecified atom stereocenters. The number of nitro groups is 2. The Morgan fingerprint density at radius 3 is 1.12 bits per heavy atom. The fourth-order valence-electron chi connectivity index (χ4n) is 13.5. The number of nitrogens with zero attached hydrogens (tertiary/aromatic N) is 12. The molecule has 0 aromatic heterocycles. The number of carbonyl (C=O) groups is 3. The molecule has 33 nitrogen and oxygen atoms in total. The number of rotatable bonds is 18. The number of carboxylic acids is 1. The van der Waals surface area contributed by atoms with E-state index in [1.165, 1.54) is 61.4 Å². The van der Waals surface area contributed by atoms with Crippen LogP contribution in [-0.2, 0) is 49.7 Å². The second-order valence-electron chi connectivity index (χ2n) is 26.7. The number of nitro benzene ring substituents is 2. The Morgan fingerprint density at radius 1 is 0.442 bits per heavy atom. The number of piperazine rings is 3. The molecule has 37 heteroatoms. The van der Waals surface area contributed by atoms with Crippen LogP contribution in [0.2, 0.25) is 0 Å². The second kappa shape index (κ2) is 35.1. The van der Waals surface area contributed by atoms with Crippen molar-refractivity contribution in [3.05, 3.63) is 147 Å². The Balaban J connectivity index is 0.000000164. The molecule has 0 saturated carbocycles. The maximum atomic E-state index is 13.3. The molecule has 7 fully saturated rings. The number of hydrogen-bond donors (Lipinski definition) is 6. The largest absolute Gasteiger partial charge is 0.480 e. The van der Waals surface area contributed by atoms with E-state index < -0.39 is 98.6 Å². The summed E-state index contributed by atoms with van der Waals surface area (Å²) in [5.41, 5.74) is 8.02. The summed E-state index contributed by atoms with van der Waals surface area (Å²) in [6.07, 6.45) is 3.05. The Hall–Kier alpha value is -7.73. The first kappa shape index (κ1) is 80.4. The molecule has 0 aliphatic carbocycles. The van der Waals surface area contributed by atoms with Crippen LogP contribution >= 0.6 is 0 Å². The number of amides is 3. The molecule has 5 aromatic rings. The van der Waals surface area contributed by atoms with E-state index in [1.54, 1.807) is 41.3 Å². The molecule has 7 heterocycles. The van der Waals surface area contributed by atoms with Crippen LogP contribution in [0.3, 0.4) is 0 Å². The highest BCUT2D eigenvalue weighted by Crippen LogP contribution is 2.34. The molecular formula is C67H93N15O18S4. The van der Waals surface area contributed by atoms with Crippen molar-refractivity contribution >= 4 is 86.4 Å². The van der Waals surface area contributed by atoms with Gasteiger partial charge in [0.1, 0.15) is 24.5 Å². The number of carboxylic acid groups (broad SMARTS) is 1. The zero-order chi connectivity index (χ0) is 75.4. The molecule has 12 rings (SSSR count). The van der Waals surface area contributed by atoms with E-state index in [2.05, 4.69) is 32.4 Å². The van der Waals surface area contributed by atoms with Crippen molar-refractivity contribution in [2.75, 3.05) is 142 Å². The SMILES string of the molecule is CN1CCN(C(O)[C@@H]2CCCN2S(=O)(=O)c2ccc(N)cc2)CC1.CN1CCN(C(O)[C@@H]2CCCN2S(=O)(=O)c2ccc([N+](=O)[O-])cc2)CC1.Cc1ccc(NC(=O)Nc2ccc(S(=O)(=O)N3CCC[C@@H]3C(=O)N3CCN(C)CC3)cc2)cc1.O=C(O)[C@@H]1CCCN1S(=O)(=O)c1ccc([N+](=O)[O-])cc1. The maximum Gasteiger partial charge on any atom is 0.323 e. The fourth-order valence-corrected chi connectivity index (χ4v) is 20.2. The summed E-state index contributed by atoms with van der Waals surface area (Å²) in [7, 11) is -9.12. The van der Waals surface area contributed by atoms with Crippen molar-refractivity contribution in [2.24, 2.45) is 0 Å². The second-order valence-corrected chi connectivity index (χ2v) is 34.3. The van der Waals surface area contributed by atoms with Gasteiger partial charge in [0.25, 0.3) is 11.4 Å². The highest BCUT2D eigenvalue weighted by molar-refractivity contribution is 7.90. The van der Waals surface area contributed by atoms with Gasteiger partial charge in [-0.1, -0.05) is 17.7 Å². The highest BCUT2D eigenvalue weighted by atomic mass is 32.2. The summed E-state index contributed by atoms with van der Waals surface area (Å²) >= 11 is 0. The van der Waals surface area contributed by atoms with Gasteiger partial charge in [0.05, 0.1) is 41.5 Å². The van der Waals surface area contributed by atoms with E-state index in [-0.39, 0.29) is 49.8 Å². The number of nitrogens with one attached hydrogen (secondary N) is 2. The Labute approximate surface area is 606 Å². The van der Waals surface area contributed by atoms with Crippen LogP contribution in [0.5, 0.6) is 0 Å². The lowest BCUT2D eigenvalue weighted by Crippen LogP contribution is -2.56. The van der Waals surface area contributed by atoms with Gasteiger partial charge >= 0.3 is 12.0 Å². The Morgan fingerprint density at radius 2 is 0.750 bits per heavy atom. The number of nitrogen functional groups attached to an aromatic ring is 1. The monoisotopic (exact) mass is 1520 g/mol. The standard InChI is InChI=1S/C24H31N5O4S.C16H24N4O5S.C16H26N4O3S.C11H12N2O6S/c1-18-5-7-19(8-6-18)25-24(31)26-20-9-11-21(12-10-20)34(32,33)29-13-3-4-22(29)23(30)28-16-14-27(2)15-17-28;1-17-9-11-18(12-10-17)16(21)15-3-2-8-19(15)26(24,25)14-6-4-13(5-7-14)20(22)23;1-18-9-11-19(12-10-18)16(21)15-3-2-8-20(15)24(22,23)14-6-4-13(17)5-7-14;14-11(15)10-2-1-7-12(10)20(18,19)9-5-3-8(4-6-9)13(16)17/h5-12,22H,3-4,13-17H2,1-2H3,(H2,25,26,31);4-7,15-16,21H,2-3,8-12H2,1H3;4-7,15-16,21H,2-3,8-12,17H2,1H3;3-6,10H,1-2,7H2,(H,14,15)/t22-;2*15-,16?;10-/m1000/s1. The zero-order valence-electron chi connectivity index (χ0n) is 58.5. The number of aliphatic carboxylic acids is 1. The molecule has 5 aromatic carbocycles. The van der Waals surface area contributed by atoms with Gasteiger partial charge in [-0.25, -0.2) is 38.5 Å². The van der Waals surface area contributed by atoms with E-state index in [1.807, 2.05) is 43.0 Å². The molecule has 7 aliphatic rings. The minimum Gasteiger partial charge on any atom is -0.480 e. The van der Waals surface area contributed by atoms with Crippen LogP contribution in [0, 0.1) is 27.2 Å². The van der Waals surface area contributed by atoms with Gasteiger partial charge < -0.3 is 51.3 Å². The lowest BCUT2D eigenvalue weighted by Gasteiger charge is -2.39. The molecule has 0 radical (unpaired) electrons. The number of urea groups is 1. The Bertz CT molecular complexity index is 4250. The lowest BCUT2D eigenvalue weighted by atomic mass is 10.1. The minimum atomic E-state index is -3.95. The smallest absolute Gasteiger partial charge is 0.323 e. The van der Waals surface area contributed by atoms with Gasteiger partial charge in [-0.05, 0) is 164 Å². The fraction of sp³-hybridized carbons (Fsp3) is 0.507. The molecule has 7 aliphatic heterocycles. The number of benzene rings is 5. The third kappa shape index (κ3) is 19.7. The predicted molar refractivity (Wildman–Crippen MR) is 387 cm³/mol. The average Bonchev–Trinajstić information content (AvgIpc) is 1.77. The van der Waals surface area contributed by atoms with Crippen molar-refractivity contribution in [2.45, 2.75) is 114 Å². The van der Waals surface area contributed by atoms with Gasteiger partial charge in [0, 0.05) is 146 Å². The van der Waals surface area contributed by atoms with Gasteiger partial charge in [-0.3, -0.25) is 39.6 Å². The number of sulfonamides is 4.